The van der Waals surface area contributed by atoms with Gasteiger partial charge in [0, 0.05) is 9.40 Å². The number of halogens is 2. The van der Waals surface area contributed by atoms with Crippen LogP contribution in [0.25, 0.3) is 9.40 Å². The van der Waals surface area contributed by atoms with Crippen molar-refractivity contribution in [3.05, 3.63) is 44.3 Å². The van der Waals surface area contributed by atoms with E-state index in [0.717, 1.165) is 15.0 Å². The lowest BCUT2D eigenvalue weighted by Crippen LogP contribution is -2.12. The molecule has 1 N–H and O–H groups in total. The number of aryl methyl sites for hydroxylation is 1. The summed E-state index contributed by atoms with van der Waals surface area (Å²) in [5, 5.41) is 5.31. The highest BCUT2D eigenvalue weighted by Crippen LogP contribution is 2.32. The maximum atomic E-state index is 12.3. The van der Waals surface area contributed by atoms with Gasteiger partial charge in [-0.3, -0.25) is 4.79 Å². The summed E-state index contributed by atoms with van der Waals surface area (Å²) in [6.07, 6.45) is 0. The molecule has 1 amide bonds. The highest BCUT2D eigenvalue weighted by molar-refractivity contribution is 7.27. The van der Waals surface area contributed by atoms with E-state index in [1.165, 1.54) is 11.3 Å². The molecule has 0 bridgehead atoms. The summed E-state index contributed by atoms with van der Waals surface area (Å²) in [6, 6.07) is 5.55. The van der Waals surface area contributed by atoms with Crippen LogP contribution in [0.15, 0.2) is 23.6 Å². The number of carbonyl (C=O) groups excluding carboxylic acids is 1. The Hall–Kier alpha value is -1.14. The molecule has 3 rings (SSSR count). The second-order valence-corrected chi connectivity index (χ2v) is 6.92. The van der Waals surface area contributed by atoms with E-state index >= 15 is 0 Å². The molecule has 102 valence electrons. The molecule has 0 saturated carbocycles. The van der Waals surface area contributed by atoms with Crippen LogP contribution in [0.2, 0.25) is 10.3 Å². The van der Waals surface area contributed by atoms with E-state index in [0.29, 0.717) is 15.7 Å². The molecule has 0 atom stereocenters. The molecule has 0 aliphatic carbocycles. The number of aromatic nitrogens is 1. The zero-order valence-electron chi connectivity index (χ0n) is 10.2. The Morgan fingerprint density at radius 3 is 2.80 bits per heavy atom. The summed E-state index contributed by atoms with van der Waals surface area (Å²) in [6.45, 7) is 1.82. The van der Waals surface area contributed by atoms with Crippen molar-refractivity contribution in [3.8, 4) is 0 Å². The number of pyridine rings is 1. The minimum atomic E-state index is -0.187. The molecule has 0 radical (unpaired) electrons. The van der Waals surface area contributed by atoms with Crippen molar-refractivity contribution >= 4 is 66.9 Å². The van der Waals surface area contributed by atoms with Crippen molar-refractivity contribution in [2.75, 3.05) is 5.32 Å². The fourth-order valence-corrected chi connectivity index (χ4v) is 4.38. The van der Waals surface area contributed by atoms with Gasteiger partial charge in [0.05, 0.1) is 10.6 Å². The highest BCUT2D eigenvalue weighted by Gasteiger charge is 2.15. The van der Waals surface area contributed by atoms with Crippen LogP contribution in [0.5, 0.6) is 0 Å². The molecule has 0 unspecified atom stereocenters. The molecule has 0 aliphatic heterocycles. The fraction of sp³-hybridized carbons (Fsp3) is 0.0769. The number of carbonyl (C=O) groups is 1. The first-order valence-corrected chi connectivity index (χ1v) is 8.11. The van der Waals surface area contributed by atoms with Crippen LogP contribution in [0.1, 0.15) is 15.2 Å². The summed E-state index contributed by atoms with van der Waals surface area (Å²) in [5.74, 6) is -0.187. The van der Waals surface area contributed by atoms with Gasteiger partial charge in [0.2, 0.25) is 0 Å². The first-order valence-electron chi connectivity index (χ1n) is 5.65. The number of hydrogen-bond acceptors (Lipinski definition) is 4. The topological polar surface area (TPSA) is 42.0 Å². The van der Waals surface area contributed by atoms with E-state index in [-0.39, 0.29) is 11.1 Å². The fourth-order valence-electron chi connectivity index (χ4n) is 1.80. The van der Waals surface area contributed by atoms with Gasteiger partial charge in [0.1, 0.15) is 5.15 Å². The van der Waals surface area contributed by atoms with Crippen LogP contribution in [0.3, 0.4) is 0 Å². The highest BCUT2D eigenvalue weighted by atomic mass is 35.5. The van der Waals surface area contributed by atoms with Gasteiger partial charge in [0.25, 0.3) is 5.91 Å². The third-order valence-corrected chi connectivity index (χ3v) is 5.30. The average Bonchev–Trinajstić information content (AvgIpc) is 2.93. The smallest absolute Gasteiger partial charge is 0.265 e. The molecule has 7 heteroatoms. The van der Waals surface area contributed by atoms with Gasteiger partial charge in [-0.15, -0.1) is 22.7 Å². The molecule has 0 fully saturated rings. The molecule has 0 saturated heterocycles. The number of amides is 1. The lowest BCUT2D eigenvalue weighted by molar-refractivity contribution is 0.103. The SMILES string of the molecule is Cc1cc(Cl)nc(Cl)c1NC(=O)c1cc2sccc2s1. The summed E-state index contributed by atoms with van der Waals surface area (Å²) in [4.78, 5) is 16.8. The molecule has 0 aromatic carbocycles. The van der Waals surface area contributed by atoms with Crippen molar-refractivity contribution in [1.29, 1.82) is 0 Å². The number of hydrogen-bond donors (Lipinski definition) is 1. The Balaban J connectivity index is 1.91. The quantitative estimate of drug-likeness (QED) is 0.648. The first kappa shape index (κ1) is 13.8. The summed E-state index contributed by atoms with van der Waals surface area (Å²) >= 11 is 14.9. The van der Waals surface area contributed by atoms with Gasteiger partial charge < -0.3 is 5.32 Å². The molecule has 3 heterocycles. The van der Waals surface area contributed by atoms with Crippen molar-refractivity contribution in [1.82, 2.24) is 4.98 Å². The second kappa shape index (κ2) is 5.33. The van der Waals surface area contributed by atoms with Gasteiger partial charge in [0.15, 0.2) is 5.15 Å². The number of nitrogens with one attached hydrogen (secondary N) is 1. The minimum absolute atomic E-state index is 0.187. The third-order valence-electron chi connectivity index (χ3n) is 2.74. The third kappa shape index (κ3) is 2.54. The predicted octanol–water partition coefficient (Wildman–Crippen LogP) is 5.23. The van der Waals surface area contributed by atoms with Gasteiger partial charge in [-0.2, -0.15) is 0 Å². The monoisotopic (exact) mass is 342 g/mol. The standard InChI is InChI=1S/C13H8Cl2N2OS2/c1-6-4-10(14)16-12(15)11(6)17-13(18)9-5-8-7(20-9)2-3-19-8/h2-5H,1H3,(H,17,18). The van der Waals surface area contributed by atoms with Gasteiger partial charge in [-0.05, 0) is 36.1 Å². The Kier molecular flexibility index (Phi) is 3.69. The summed E-state index contributed by atoms with van der Waals surface area (Å²) < 4.78 is 2.22. The van der Waals surface area contributed by atoms with E-state index in [1.807, 2.05) is 24.4 Å². The van der Waals surface area contributed by atoms with Gasteiger partial charge >= 0.3 is 0 Å². The normalized spacial score (nSPS) is 10.9. The van der Waals surface area contributed by atoms with Gasteiger partial charge in [-0.25, -0.2) is 4.98 Å². The zero-order chi connectivity index (χ0) is 14.3. The molecule has 0 spiro atoms. The Morgan fingerprint density at radius 1 is 1.30 bits per heavy atom. The van der Waals surface area contributed by atoms with Crippen LogP contribution in [0, 0.1) is 6.92 Å². The molecule has 20 heavy (non-hydrogen) atoms. The van der Waals surface area contributed by atoms with E-state index in [9.17, 15) is 4.79 Å². The predicted molar refractivity (Wildman–Crippen MR) is 86.6 cm³/mol. The van der Waals surface area contributed by atoms with Crippen molar-refractivity contribution in [2.45, 2.75) is 6.92 Å². The molecule has 3 aromatic rings. The van der Waals surface area contributed by atoms with E-state index in [2.05, 4.69) is 10.3 Å². The lowest BCUT2D eigenvalue weighted by Gasteiger charge is -2.09. The maximum Gasteiger partial charge on any atom is 0.265 e. The van der Waals surface area contributed by atoms with Crippen molar-refractivity contribution in [2.24, 2.45) is 0 Å². The number of nitrogens with zero attached hydrogens (tertiary/aromatic N) is 1. The number of anilines is 1. The maximum absolute atomic E-state index is 12.3. The van der Waals surface area contributed by atoms with E-state index in [4.69, 9.17) is 23.2 Å². The molecular weight excluding hydrogens is 335 g/mol. The average molecular weight is 343 g/mol. The Labute approximate surface area is 133 Å². The molecule has 3 aromatic heterocycles. The molecular formula is C13H8Cl2N2OS2. The number of rotatable bonds is 2. The Bertz CT molecular complexity index is 758. The number of fused-ring (bicyclic) bond motifs is 1. The lowest BCUT2D eigenvalue weighted by atomic mass is 10.2. The van der Waals surface area contributed by atoms with Gasteiger partial charge in [-0.1, -0.05) is 23.2 Å². The van der Waals surface area contributed by atoms with Crippen LogP contribution < -0.4 is 5.32 Å². The molecule has 0 aliphatic rings. The summed E-state index contributed by atoms with van der Waals surface area (Å²) in [7, 11) is 0. The first-order chi connectivity index (χ1) is 9.54. The second-order valence-electron chi connectivity index (χ2n) is 4.14. The summed E-state index contributed by atoms with van der Waals surface area (Å²) in [5.41, 5.74) is 1.28. The molecule has 3 nitrogen and oxygen atoms in total. The van der Waals surface area contributed by atoms with Crippen LogP contribution in [-0.2, 0) is 0 Å². The van der Waals surface area contributed by atoms with E-state index in [1.54, 1.807) is 17.4 Å². The minimum Gasteiger partial charge on any atom is -0.318 e. The number of thiophene rings is 2. The van der Waals surface area contributed by atoms with Crippen molar-refractivity contribution < 1.29 is 4.79 Å². The van der Waals surface area contributed by atoms with Crippen molar-refractivity contribution in [3.63, 3.8) is 0 Å². The van der Waals surface area contributed by atoms with E-state index < -0.39 is 0 Å². The van der Waals surface area contributed by atoms with Crippen LogP contribution in [0.4, 0.5) is 5.69 Å². The Morgan fingerprint density at radius 2 is 2.10 bits per heavy atom. The van der Waals surface area contributed by atoms with Crippen LogP contribution in [-0.4, -0.2) is 10.9 Å². The van der Waals surface area contributed by atoms with Crippen LogP contribution >= 0.6 is 45.9 Å². The zero-order valence-corrected chi connectivity index (χ0v) is 13.4. The largest absolute Gasteiger partial charge is 0.318 e.